The Morgan fingerprint density at radius 2 is 1.90 bits per heavy atom. The van der Waals surface area contributed by atoms with Gasteiger partial charge in [0.25, 0.3) is 5.91 Å². The van der Waals surface area contributed by atoms with Gasteiger partial charge in [-0.15, -0.1) is 0 Å². The summed E-state index contributed by atoms with van der Waals surface area (Å²) in [6, 6.07) is 13.4. The van der Waals surface area contributed by atoms with E-state index in [0.29, 0.717) is 48.1 Å². The molecule has 1 amide bonds. The number of pyridine rings is 3. The molecule has 9 nitrogen and oxygen atoms in total. The number of ether oxygens (including phenoxy) is 1. The van der Waals surface area contributed by atoms with Gasteiger partial charge in [0.15, 0.2) is 0 Å². The zero-order valence-electron chi connectivity index (χ0n) is 21.9. The number of hydrogen-bond donors (Lipinski definition) is 1. The molecule has 5 rings (SSSR count). The maximum Gasteiger partial charge on any atom is 0.337 e. The lowest BCUT2D eigenvalue weighted by atomic mass is 10.1. The van der Waals surface area contributed by atoms with Gasteiger partial charge < -0.3 is 15.0 Å². The number of halogens is 3. The Labute approximate surface area is 235 Å². The molecule has 3 aromatic heterocycles. The number of benzene rings is 1. The fraction of sp³-hybridized carbons (Fsp3) is 0.286. The third-order valence-corrected chi connectivity index (χ3v) is 7.80. The molecule has 4 aromatic rings. The summed E-state index contributed by atoms with van der Waals surface area (Å²) < 4.78 is 68.1. The van der Waals surface area contributed by atoms with Crippen LogP contribution in [0.3, 0.4) is 0 Å². The van der Waals surface area contributed by atoms with E-state index in [1.54, 1.807) is 18.3 Å². The largest absolute Gasteiger partial charge is 0.375 e. The summed E-state index contributed by atoms with van der Waals surface area (Å²) in [5.41, 5.74) is 2.35. The SMILES string of the molecule is C[C@H]1CN(c2cc(F)cc(-c3ccc4cnc(CNC(=O)c5ccc(CS(=O)(=O)C(F)F)cc5)cc4n3)n2)CCO1.[HH]. The molecule has 1 aliphatic rings. The van der Waals surface area contributed by atoms with Crippen molar-refractivity contribution < 1.29 is 32.5 Å². The number of nitrogens with zero attached hydrogens (tertiary/aromatic N) is 4. The molecular weight excluding hydrogens is 559 g/mol. The highest BCUT2D eigenvalue weighted by Crippen LogP contribution is 2.25. The van der Waals surface area contributed by atoms with Crippen LogP contribution in [0.2, 0.25) is 0 Å². The van der Waals surface area contributed by atoms with Crippen LogP contribution in [0.15, 0.2) is 60.8 Å². The third kappa shape index (κ3) is 6.80. The van der Waals surface area contributed by atoms with Gasteiger partial charge in [0.1, 0.15) is 11.6 Å². The maximum atomic E-state index is 14.6. The second-order valence-corrected chi connectivity index (χ2v) is 11.6. The second-order valence-electron chi connectivity index (χ2n) is 9.67. The number of anilines is 1. The molecule has 1 atom stereocenters. The number of carbonyl (C=O) groups is 1. The number of alkyl halides is 2. The van der Waals surface area contributed by atoms with Gasteiger partial charge in [0.05, 0.1) is 47.6 Å². The summed E-state index contributed by atoms with van der Waals surface area (Å²) in [6.07, 6.45) is 1.63. The van der Waals surface area contributed by atoms with E-state index in [1.165, 1.54) is 36.4 Å². The van der Waals surface area contributed by atoms with Crippen LogP contribution < -0.4 is 10.2 Å². The quantitative estimate of drug-likeness (QED) is 0.323. The summed E-state index contributed by atoms with van der Waals surface area (Å²) in [6.45, 7) is 3.77. The molecule has 1 aliphatic heterocycles. The Bertz CT molecular complexity index is 1690. The van der Waals surface area contributed by atoms with Crippen molar-refractivity contribution in [3.05, 3.63) is 83.4 Å². The minimum absolute atomic E-state index is 0. The van der Waals surface area contributed by atoms with Crippen LogP contribution in [0.4, 0.5) is 19.0 Å². The Hall–Kier alpha value is -4.10. The first-order valence-electron chi connectivity index (χ1n) is 12.7. The zero-order valence-corrected chi connectivity index (χ0v) is 22.7. The number of morpholine rings is 1. The number of hydrogen-bond acceptors (Lipinski definition) is 8. The van der Waals surface area contributed by atoms with E-state index in [2.05, 4.69) is 20.3 Å². The fourth-order valence-corrected chi connectivity index (χ4v) is 5.20. The van der Waals surface area contributed by atoms with E-state index in [0.717, 1.165) is 5.39 Å². The van der Waals surface area contributed by atoms with Gasteiger partial charge in [-0.3, -0.25) is 9.78 Å². The van der Waals surface area contributed by atoms with Gasteiger partial charge >= 0.3 is 5.76 Å². The summed E-state index contributed by atoms with van der Waals surface area (Å²) >= 11 is 0. The van der Waals surface area contributed by atoms with Crippen molar-refractivity contribution in [3.8, 4) is 11.4 Å². The van der Waals surface area contributed by atoms with Crippen LogP contribution in [0, 0.1) is 5.82 Å². The second kappa shape index (κ2) is 11.8. The molecular formula is C28H28F3N5O4S. The Morgan fingerprint density at radius 3 is 2.63 bits per heavy atom. The standard InChI is InChI=1S/C28H26F3N5O4S.H2/c1-17-15-36(8-9-40-17)26-11-21(29)10-25(35-26)23-7-6-20-13-32-22(12-24(20)34-23)14-33-27(37)19-4-2-18(3-5-19)16-41(38,39)28(30)31;/h2-7,10-13,17,28H,8-9,14-16H2,1H3,(H,33,37);1H/t17-;/m0./s1. The summed E-state index contributed by atoms with van der Waals surface area (Å²) in [5.74, 6) is -4.65. The topological polar surface area (TPSA) is 114 Å². The van der Waals surface area contributed by atoms with Crippen molar-refractivity contribution in [2.75, 3.05) is 24.6 Å². The lowest BCUT2D eigenvalue weighted by Crippen LogP contribution is -2.41. The van der Waals surface area contributed by atoms with Gasteiger partial charge in [-0.2, -0.15) is 8.78 Å². The van der Waals surface area contributed by atoms with Crippen molar-refractivity contribution in [2.24, 2.45) is 0 Å². The Morgan fingerprint density at radius 1 is 1.12 bits per heavy atom. The zero-order chi connectivity index (χ0) is 29.1. The lowest BCUT2D eigenvalue weighted by Gasteiger charge is -2.32. The maximum absolute atomic E-state index is 14.6. The highest BCUT2D eigenvalue weighted by Gasteiger charge is 2.24. The van der Waals surface area contributed by atoms with Crippen LogP contribution in [0.5, 0.6) is 0 Å². The van der Waals surface area contributed by atoms with E-state index in [-0.39, 0.29) is 25.2 Å². The Balaban J connectivity index is 0.00000405. The molecule has 216 valence electrons. The minimum atomic E-state index is -4.56. The number of rotatable bonds is 8. The molecule has 0 spiro atoms. The smallest absolute Gasteiger partial charge is 0.337 e. The fourth-order valence-electron chi connectivity index (χ4n) is 4.42. The van der Waals surface area contributed by atoms with Crippen molar-refractivity contribution in [2.45, 2.75) is 31.1 Å². The van der Waals surface area contributed by atoms with Crippen LogP contribution in [0.1, 0.15) is 30.0 Å². The summed E-state index contributed by atoms with van der Waals surface area (Å²) in [4.78, 5) is 28.2. The van der Waals surface area contributed by atoms with Gasteiger partial charge in [0, 0.05) is 43.8 Å². The lowest BCUT2D eigenvalue weighted by molar-refractivity contribution is 0.0529. The first kappa shape index (κ1) is 28.4. The molecule has 1 N–H and O–H groups in total. The molecule has 0 unspecified atom stereocenters. The molecule has 1 aromatic carbocycles. The predicted molar refractivity (Wildman–Crippen MR) is 149 cm³/mol. The van der Waals surface area contributed by atoms with Gasteiger partial charge in [-0.25, -0.2) is 22.8 Å². The number of nitrogens with one attached hydrogen (secondary N) is 1. The first-order chi connectivity index (χ1) is 19.6. The van der Waals surface area contributed by atoms with E-state index in [9.17, 15) is 26.4 Å². The highest BCUT2D eigenvalue weighted by atomic mass is 32.2. The Kier molecular flexibility index (Phi) is 8.18. The van der Waals surface area contributed by atoms with Crippen molar-refractivity contribution in [3.63, 3.8) is 0 Å². The molecule has 0 radical (unpaired) electrons. The van der Waals surface area contributed by atoms with E-state index >= 15 is 0 Å². The number of amides is 1. The van der Waals surface area contributed by atoms with Crippen molar-refractivity contribution in [1.29, 1.82) is 0 Å². The molecule has 13 heteroatoms. The van der Waals surface area contributed by atoms with E-state index in [4.69, 9.17) is 4.74 Å². The number of fused-ring (bicyclic) bond motifs is 1. The van der Waals surface area contributed by atoms with Crippen LogP contribution in [-0.2, 0) is 26.9 Å². The van der Waals surface area contributed by atoms with E-state index in [1.807, 2.05) is 17.9 Å². The minimum Gasteiger partial charge on any atom is -0.375 e. The summed E-state index contributed by atoms with van der Waals surface area (Å²) in [7, 11) is -4.56. The first-order valence-corrected chi connectivity index (χ1v) is 14.5. The number of aromatic nitrogens is 3. The molecule has 41 heavy (non-hydrogen) atoms. The molecule has 1 fully saturated rings. The predicted octanol–water partition coefficient (Wildman–Crippen LogP) is 4.37. The third-order valence-electron chi connectivity index (χ3n) is 6.52. The van der Waals surface area contributed by atoms with Crippen molar-refractivity contribution in [1.82, 2.24) is 20.3 Å². The van der Waals surface area contributed by atoms with Gasteiger partial charge in [-0.05, 0) is 42.8 Å². The van der Waals surface area contributed by atoms with Crippen LogP contribution in [-0.4, -0.2) is 60.8 Å². The molecule has 0 saturated carbocycles. The number of carbonyl (C=O) groups excluding carboxylic acids is 1. The molecule has 1 saturated heterocycles. The van der Waals surface area contributed by atoms with Crippen molar-refractivity contribution >= 4 is 32.5 Å². The highest BCUT2D eigenvalue weighted by molar-refractivity contribution is 7.90. The van der Waals surface area contributed by atoms with E-state index < -0.39 is 33.1 Å². The normalized spacial score (nSPS) is 15.8. The summed E-state index contributed by atoms with van der Waals surface area (Å²) in [5, 5.41) is 3.47. The molecule has 0 aliphatic carbocycles. The average molecular weight is 588 g/mol. The monoisotopic (exact) mass is 587 g/mol. The van der Waals surface area contributed by atoms with Crippen LogP contribution in [0.25, 0.3) is 22.3 Å². The molecule has 4 heterocycles. The number of sulfone groups is 1. The average Bonchev–Trinajstić information content (AvgIpc) is 2.95. The van der Waals surface area contributed by atoms with Gasteiger partial charge in [-0.1, -0.05) is 12.1 Å². The molecule has 0 bridgehead atoms. The van der Waals surface area contributed by atoms with Gasteiger partial charge in [0.2, 0.25) is 9.84 Å². The van der Waals surface area contributed by atoms with Crippen LogP contribution >= 0.6 is 0 Å².